The number of aromatic nitrogens is 2. The molecule has 1 aliphatic rings. The van der Waals surface area contributed by atoms with Crippen molar-refractivity contribution in [3.05, 3.63) is 48.0 Å². The van der Waals surface area contributed by atoms with Crippen LogP contribution in [0.15, 0.2) is 48.0 Å². The fourth-order valence-corrected chi connectivity index (χ4v) is 3.89. The maximum absolute atomic E-state index is 12.7. The number of nitrogens with one attached hydrogen (secondary N) is 2. The van der Waals surface area contributed by atoms with Gasteiger partial charge in [-0.25, -0.2) is 4.98 Å². The summed E-state index contributed by atoms with van der Waals surface area (Å²) in [5.74, 6) is -0.802. The van der Waals surface area contributed by atoms with Gasteiger partial charge >= 0.3 is 0 Å². The van der Waals surface area contributed by atoms with Gasteiger partial charge in [0, 0.05) is 24.1 Å². The van der Waals surface area contributed by atoms with Gasteiger partial charge in [0.15, 0.2) is 6.10 Å². The number of pyridine rings is 1. The molecule has 1 unspecified atom stereocenters. The Morgan fingerprint density at radius 2 is 2.03 bits per heavy atom. The first-order valence-corrected chi connectivity index (χ1v) is 10.3. The monoisotopic (exact) mass is 437 g/mol. The van der Waals surface area contributed by atoms with E-state index < -0.39 is 17.9 Å². The minimum absolute atomic E-state index is 0.264. The highest BCUT2D eigenvalue weighted by Crippen LogP contribution is 2.38. The molecule has 1 aliphatic heterocycles. The van der Waals surface area contributed by atoms with Gasteiger partial charge in [-0.3, -0.25) is 35.1 Å². The van der Waals surface area contributed by atoms with Crippen molar-refractivity contribution in [2.24, 2.45) is 0 Å². The van der Waals surface area contributed by atoms with E-state index in [2.05, 4.69) is 20.8 Å². The standard InChI is InChI=1S/C21H19N5O4S/c1-12-21(29)26(10-19(28)25-24-13(2)27)17-9-14(6-7-18(17)30-12)16-11-31-20(23-16)15-5-3-4-8-22-15/h3-9,11-12H,10H2,1-2H3,(H,24,27)(H,25,28). The highest BCUT2D eigenvalue weighted by molar-refractivity contribution is 7.13. The number of carbonyl (C=O) groups is 3. The van der Waals surface area contributed by atoms with Crippen molar-refractivity contribution in [2.45, 2.75) is 20.0 Å². The average molecular weight is 437 g/mol. The van der Waals surface area contributed by atoms with Crippen LogP contribution in [0, 0.1) is 0 Å². The Morgan fingerprint density at radius 3 is 2.77 bits per heavy atom. The van der Waals surface area contributed by atoms with Crippen LogP contribution in [0.5, 0.6) is 5.75 Å². The number of benzene rings is 1. The molecule has 2 N–H and O–H groups in total. The second-order valence-electron chi connectivity index (χ2n) is 6.85. The fraction of sp³-hybridized carbons (Fsp3) is 0.190. The zero-order valence-corrected chi connectivity index (χ0v) is 17.6. The maximum atomic E-state index is 12.7. The first-order valence-electron chi connectivity index (χ1n) is 9.47. The maximum Gasteiger partial charge on any atom is 0.268 e. The Labute approximate surface area is 182 Å². The van der Waals surface area contributed by atoms with Crippen molar-refractivity contribution in [1.82, 2.24) is 20.8 Å². The predicted molar refractivity (Wildman–Crippen MR) is 115 cm³/mol. The summed E-state index contributed by atoms with van der Waals surface area (Å²) in [4.78, 5) is 46.3. The minimum atomic E-state index is -0.734. The van der Waals surface area contributed by atoms with Crippen LogP contribution in [0.4, 0.5) is 5.69 Å². The Morgan fingerprint density at radius 1 is 1.19 bits per heavy atom. The third-order valence-electron chi connectivity index (χ3n) is 4.53. The van der Waals surface area contributed by atoms with Gasteiger partial charge in [0.2, 0.25) is 5.91 Å². The molecule has 0 radical (unpaired) electrons. The molecule has 3 amide bonds. The largest absolute Gasteiger partial charge is 0.479 e. The summed E-state index contributed by atoms with van der Waals surface area (Å²) in [5.41, 5.74) is 7.23. The van der Waals surface area contributed by atoms with Gasteiger partial charge in [0.25, 0.3) is 11.8 Å². The molecule has 9 nitrogen and oxygen atoms in total. The van der Waals surface area contributed by atoms with Gasteiger partial charge < -0.3 is 4.74 Å². The first-order chi connectivity index (χ1) is 14.9. The van der Waals surface area contributed by atoms with Crippen LogP contribution in [0.1, 0.15) is 13.8 Å². The van der Waals surface area contributed by atoms with Crippen molar-refractivity contribution < 1.29 is 19.1 Å². The number of rotatable bonds is 4. The Kier molecular flexibility index (Phi) is 5.63. The summed E-state index contributed by atoms with van der Waals surface area (Å²) < 4.78 is 5.70. The van der Waals surface area contributed by atoms with Gasteiger partial charge in [0.1, 0.15) is 17.3 Å². The normalized spacial score (nSPS) is 15.1. The van der Waals surface area contributed by atoms with Crippen LogP contribution >= 0.6 is 11.3 Å². The lowest BCUT2D eigenvalue weighted by Gasteiger charge is -2.32. The molecule has 2 aromatic heterocycles. The Hall–Kier alpha value is -3.79. The van der Waals surface area contributed by atoms with Crippen molar-refractivity contribution in [2.75, 3.05) is 11.4 Å². The molecular formula is C21H19N5O4S. The van der Waals surface area contributed by atoms with E-state index in [0.717, 1.165) is 22.0 Å². The van der Waals surface area contributed by atoms with Gasteiger partial charge in [-0.1, -0.05) is 6.07 Å². The van der Waals surface area contributed by atoms with Crippen molar-refractivity contribution in [1.29, 1.82) is 0 Å². The molecular weight excluding hydrogens is 418 g/mol. The van der Waals surface area contributed by atoms with E-state index in [4.69, 9.17) is 4.74 Å². The second-order valence-corrected chi connectivity index (χ2v) is 7.71. The van der Waals surface area contributed by atoms with E-state index in [9.17, 15) is 14.4 Å². The summed E-state index contributed by atoms with van der Waals surface area (Å²) >= 11 is 1.47. The molecule has 31 heavy (non-hydrogen) atoms. The van der Waals surface area contributed by atoms with E-state index in [1.807, 2.05) is 29.6 Å². The lowest BCUT2D eigenvalue weighted by atomic mass is 10.1. The van der Waals surface area contributed by atoms with Gasteiger partial charge in [0.05, 0.1) is 17.1 Å². The molecule has 0 saturated carbocycles. The smallest absolute Gasteiger partial charge is 0.268 e. The van der Waals surface area contributed by atoms with E-state index in [1.54, 1.807) is 25.3 Å². The van der Waals surface area contributed by atoms with Crippen molar-refractivity contribution in [3.63, 3.8) is 0 Å². The third kappa shape index (κ3) is 4.38. The minimum Gasteiger partial charge on any atom is -0.479 e. The number of anilines is 1. The second kappa shape index (κ2) is 8.52. The molecule has 10 heteroatoms. The first kappa shape index (κ1) is 20.5. The SMILES string of the molecule is CC(=O)NNC(=O)CN1C(=O)C(C)Oc2ccc(-c3csc(-c4ccccn4)n3)cc21. The molecule has 0 spiro atoms. The number of amides is 3. The van der Waals surface area contributed by atoms with Crippen LogP contribution in [0.25, 0.3) is 22.0 Å². The predicted octanol–water partition coefficient (Wildman–Crippen LogP) is 2.15. The van der Waals surface area contributed by atoms with E-state index in [1.165, 1.54) is 23.2 Å². The highest BCUT2D eigenvalue weighted by atomic mass is 32.1. The average Bonchev–Trinajstić information content (AvgIpc) is 3.26. The molecule has 4 rings (SSSR count). The molecule has 1 atom stereocenters. The lowest BCUT2D eigenvalue weighted by Crippen LogP contribution is -2.51. The number of fused-ring (bicyclic) bond motifs is 1. The van der Waals surface area contributed by atoms with Crippen LogP contribution in [-0.2, 0) is 14.4 Å². The van der Waals surface area contributed by atoms with Crippen LogP contribution in [0.2, 0.25) is 0 Å². The Bertz CT molecular complexity index is 1150. The van der Waals surface area contributed by atoms with Crippen LogP contribution < -0.4 is 20.5 Å². The number of nitrogens with zero attached hydrogens (tertiary/aromatic N) is 3. The van der Waals surface area contributed by atoms with E-state index in [0.29, 0.717) is 11.4 Å². The lowest BCUT2D eigenvalue weighted by molar-refractivity contribution is -0.129. The van der Waals surface area contributed by atoms with Crippen LogP contribution in [0.3, 0.4) is 0 Å². The molecule has 1 aromatic carbocycles. The quantitative estimate of drug-likeness (QED) is 0.605. The number of hydrogen-bond donors (Lipinski definition) is 2. The topological polar surface area (TPSA) is 114 Å². The zero-order valence-electron chi connectivity index (χ0n) is 16.8. The van der Waals surface area contributed by atoms with Crippen LogP contribution in [-0.4, -0.2) is 40.3 Å². The summed E-state index contributed by atoms with van der Waals surface area (Å²) in [5, 5.41) is 2.69. The summed E-state index contributed by atoms with van der Waals surface area (Å²) in [6, 6.07) is 11.0. The molecule has 0 saturated heterocycles. The highest BCUT2D eigenvalue weighted by Gasteiger charge is 2.33. The van der Waals surface area contributed by atoms with Gasteiger partial charge in [-0.2, -0.15) is 0 Å². The fourth-order valence-electron chi connectivity index (χ4n) is 3.08. The number of hydrazine groups is 1. The molecule has 0 bridgehead atoms. The zero-order chi connectivity index (χ0) is 22.0. The van der Waals surface area contributed by atoms with E-state index in [-0.39, 0.29) is 12.5 Å². The Balaban J connectivity index is 1.63. The number of ether oxygens (including phenoxy) is 1. The third-order valence-corrected chi connectivity index (χ3v) is 5.40. The molecule has 158 valence electrons. The van der Waals surface area contributed by atoms with Crippen molar-refractivity contribution in [3.8, 4) is 27.7 Å². The molecule has 0 aliphatic carbocycles. The molecule has 3 heterocycles. The van der Waals surface area contributed by atoms with Gasteiger partial charge in [-0.15, -0.1) is 11.3 Å². The number of carbonyl (C=O) groups excluding carboxylic acids is 3. The molecule has 0 fully saturated rings. The van der Waals surface area contributed by atoms with Gasteiger partial charge in [-0.05, 0) is 37.3 Å². The number of thiazole rings is 1. The summed E-state index contributed by atoms with van der Waals surface area (Å²) in [7, 11) is 0. The molecule has 3 aromatic rings. The van der Waals surface area contributed by atoms with E-state index >= 15 is 0 Å². The number of hydrogen-bond acceptors (Lipinski definition) is 7. The summed E-state index contributed by atoms with van der Waals surface area (Å²) in [6.07, 6.45) is 0.977. The van der Waals surface area contributed by atoms with Crippen molar-refractivity contribution >= 4 is 34.7 Å². The summed E-state index contributed by atoms with van der Waals surface area (Å²) in [6.45, 7) is 2.63.